The minimum atomic E-state index is -0.563. The zero-order valence-corrected chi connectivity index (χ0v) is 9.84. The summed E-state index contributed by atoms with van der Waals surface area (Å²) in [7, 11) is 0. The van der Waals surface area contributed by atoms with Crippen LogP contribution in [0.1, 0.15) is 52.4 Å². The molecular weight excluding hydrogens is 190 g/mol. The maximum Gasteiger partial charge on any atom is 0.231 e. The Morgan fingerprint density at radius 3 is 2.40 bits per heavy atom. The van der Waals surface area contributed by atoms with Crippen LogP contribution in [0.5, 0.6) is 0 Å². The Morgan fingerprint density at radius 2 is 1.87 bits per heavy atom. The van der Waals surface area contributed by atoms with Gasteiger partial charge in [-0.05, 0) is 13.3 Å². The molecule has 0 aliphatic heterocycles. The maximum absolute atomic E-state index is 11.3. The van der Waals surface area contributed by atoms with Crippen LogP contribution in [0.15, 0.2) is 0 Å². The minimum Gasteiger partial charge on any atom is -0.356 e. The van der Waals surface area contributed by atoms with Gasteiger partial charge in [0.1, 0.15) is 5.92 Å². The highest BCUT2D eigenvalue weighted by Crippen LogP contribution is 2.10. The minimum absolute atomic E-state index is 0.178. The molecule has 0 saturated heterocycles. The van der Waals surface area contributed by atoms with E-state index in [-0.39, 0.29) is 5.91 Å². The average molecular weight is 212 g/mol. The summed E-state index contributed by atoms with van der Waals surface area (Å²) in [6, 6.07) is 0. The Bertz CT molecular complexity index is 180. The summed E-state index contributed by atoms with van der Waals surface area (Å²) in [5.41, 5.74) is 0. The van der Waals surface area contributed by atoms with Crippen molar-refractivity contribution in [2.24, 2.45) is 5.92 Å². The molecule has 1 amide bonds. The molecule has 1 unspecified atom stereocenters. The fraction of sp³-hybridized carbons (Fsp3) is 0.833. The average Bonchev–Trinajstić information content (AvgIpc) is 2.23. The van der Waals surface area contributed by atoms with Crippen molar-refractivity contribution in [1.29, 1.82) is 0 Å². The number of hydrogen-bond acceptors (Lipinski definition) is 2. The zero-order chi connectivity index (χ0) is 11.5. The summed E-state index contributed by atoms with van der Waals surface area (Å²) < 4.78 is 0. The van der Waals surface area contributed by atoms with E-state index in [1.54, 1.807) is 0 Å². The van der Waals surface area contributed by atoms with Gasteiger partial charge in [0.2, 0.25) is 12.2 Å². The molecule has 1 N–H and O–H groups in total. The first kappa shape index (κ1) is 14.1. The number of carbonyl (C=O) groups is 1. The highest BCUT2D eigenvalue weighted by molar-refractivity contribution is 5.91. The summed E-state index contributed by atoms with van der Waals surface area (Å²) in [6.07, 6.45) is 8.13. The third-order valence-corrected chi connectivity index (χ3v) is 2.41. The molecule has 0 bridgehead atoms. The lowest BCUT2D eigenvalue weighted by Gasteiger charge is -2.08. The van der Waals surface area contributed by atoms with E-state index in [0.717, 1.165) is 12.8 Å². The first-order valence-electron chi connectivity index (χ1n) is 5.91. The molecule has 0 fully saturated rings. The van der Waals surface area contributed by atoms with Crippen molar-refractivity contribution in [2.45, 2.75) is 52.4 Å². The molecule has 1 radical (unpaired) electrons. The van der Waals surface area contributed by atoms with Crippen LogP contribution in [-0.2, 0) is 9.59 Å². The lowest BCUT2D eigenvalue weighted by Crippen LogP contribution is -2.31. The monoisotopic (exact) mass is 212 g/mol. The van der Waals surface area contributed by atoms with Crippen LogP contribution in [0.3, 0.4) is 0 Å². The third kappa shape index (κ3) is 7.11. The Kier molecular flexibility index (Phi) is 9.13. The van der Waals surface area contributed by atoms with Crippen molar-refractivity contribution in [1.82, 2.24) is 5.32 Å². The van der Waals surface area contributed by atoms with Gasteiger partial charge in [0.25, 0.3) is 0 Å². The first-order valence-corrected chi connectivity index (χ1v) is 5.91. The SMILES string of the molecule is CCCCCCCC([C]=O)C(=O)NCC. The lowest BCUT2D eigenvalue weighted by molar-refractivity contribution is -0.123. The van der Waals surface area contributed by atoms with Gasteiger partial charge in [-0.2, -0.15) is 0 Å². The van der Waals surface area contributed by atoms with Crippen molar-refractivity contribution in [3.05, 3.63) is 0 Å². The van der Waals surface area contributed by atoms with Gasteiger partial charge in [0.05, 0.1) is 0 Å². The molecule has 0 aromatic rings. The Hall–Kier alpha value is -0.860. The van der Waals surface area contributed by atoms with E-state index in [9.17, 15) is 9.59 Å². The molecule has 3 nitrogen and oxygen atoms in total. The molecule has 0 aliphatic rings. The quantitative estimate of drug-likeness (QED) is 0.470. The van der Waals surface area contributed by atoms with E-state index in [0.29, 0.717) is 13.0 Å². The van der Waals surface area contributed by atoms with Gasteiger partial charge in [0, 0.05) is 6.54 Å². The Labute approximate surface area is 92.6 Å². The molecule has 15 heavy (non-hydrogen) atoms. The van der Waals surface area contributed by atoms with Crippen LogP contribution in [-0.4, -0.2) is 18.7 Å². The summed E-state index contributed by atoms with van der Waals surface area (Å²) >= 11 is 0. The number of nitrogens with one attached hydrogen (secondary N) is 1. The lowest BCUT2D eigenvalue weighted by atomic mass is 10.0. The number of unbranched alkanes of at least 4 members (excludes halogenated alkanes) is 4. The molecule has 87 valence electrons. The molecule has 0 aromatic carbocycles. The van der Waals surface area contributed by atoms with Crippen LogP contribution in [0.2, 0.25) is 0 Å². The van der Waals surface area contributed by atoms with Gasteiger partial charge in [-0.25, -0.2) is 0 Å². The van der Waals surface area contributed by atoms with E-state index in [2.05, 4.69) is 12.2 Å². The van der Waals surface area contributed by atoms with Crippen LogP contribution in [0.4, 0.5) is 0 Å². The summed E-state index contributed by atoms with van der Waals surface area (Å²) in [5.74, 6) is -0.741. The second-order valence-corrected chi connectivity index (χ2v) is 3.77. The Morgan fingerprint density at radius 1 is 1.20 bits per heavy atom. The van der Waals surface area contributed by atoms with E-state index in [4.69, 9.17) is 0 Å². The number of rotatable bonds is 9. The van der Waals surface area contributed by atoms with Crippen molar-refractivity contribution in [2.75, 3.05) is 6.54 Å². The second kappa shape index (κ2) is 9.69. The van der Waals surface area contributed by atoms with E-state index < -0.39 is 5.92 Å². The zero-order valence-electron chi connectivity index (χ0n) is 9.84. The predicted octanol–water partition coefficient (Wildman–Crippen LogP) is 2.21. The Balaban J connectivity index is 3.61. The van der Waals surface area contributed by atoms with Gasteiger partial charge in [-0.15, -0.1) is 0 Å². The standard InChI is InChI=1S/C12H22NO2/c1-3-5-6-7-8-9-11(10-14)12(15)13-4-2/h11H,3-9H2,1-2H3,(H,13,15). The van der Waals surface area contributed by atoms with Crippen LogP contribution >= 0.6 is 0 Å². The predicted molar refractivity (Wildman–Crippen MR) is 61.2 cm³/mol. The highest BCUT2D eigenvalue weighted by Gasteiger charge is 2.16. The van der Waals surface area contributed by atoms with Gasteiger partial charge in [-0.3, -0.25) is 9.59 Å². The van der Waals surface area contributed by atoms with E-state index in [1.165, 1.54) is 19.3 Å². The highest BCUT2D eigenvalue weighted by atomic mass is 16.2. The number of carbonyl (C=O) groups excluding carboxylic acids is 2. The molecule has 0 aromatic heterocycles. The number of amides is 1. The summed E-state index contributed by atoms with van der Waals surface area (Å²) in [5, 5.41) is 2.65. The molecule has 3 heteroatoms. The van der Waals surface area contributed by atoms with Gasteiger partial charge >= 0.3 is 0 Å². The van der Waals surface area contributed by atoms with Crippen molar-refractivity contribution >= 4 is 12.2 Å². The van der Waals surface area contributed by atoms with E-state index >= 15 is 0 Å². The van der Waals surface area contributed by atoms with E-state index in [1.807, 2.05) is 13.2 Å². The molecular formula is C12H22NO2. The number of hydrogen-bond donors (Lipinski definition) is 1. The van der Waals surface area contributed by atoms with Crippen LogP contribution < -0.4 is 5.32 Å². The van der Waals surface area contributed by atoms with Crippen LogP contribution in [0, 0.1) is 5.92 Å². The third-order valence-electron chi connectivity index (χ3n) is 2.41. The maximum atomic E-state index is 11.3. The largest absolute Gasteiger partial charge is 0.356 e. The van der Waals surface area contributed by atoms with Crippen molar-refractivity contribution < 1.29 is 9.59 Å². The normalized spacial score (nSPS) is 12.1. The van der Waals surface area contributed by atoms with Crippen LogP contribution in [0.25, 0.3) is 0 Å². The molecule has 0 aliphatic carbocycles. The van der Waals surface area contributed by atoms with Gasteiger partial charge in [0.15, 0.2) is 0 Å². The molecule has 1 atom stereocenters. The van der Waals surface area contributed by atoms with Crippen molar-refractivity contribution in [3.8, 4) is 0 Å². The first-order chi connectivity index (χ1) is 7.26. The molecule has 0 saturated carbocycles. The fourth-order valence-electron chi connectivity index (χ4n) is 1.49. The molecule has 0 spiro atoms. The molecule has 0 rings (SSSR count). The van der Waals surface area contributed by atoms with Gasteiger partial charge < -0.3 is 5.32 Å². The molecule has 0 heterocycles. The second-order valence-electron chi connectivity index (χ2n) is 3.77. The smallest absolute Gasteiger partial charge is 0.231 e. The van der Waals surface area contributed by atoms with Gasteiger partial charge in [-0.1, -0.05) is 39.0 Å². The fourth-order valence-corrected chi connectivity index (χ4v) is 1.49. The topological polar surface area (TPSA) is 46.2 Å². The summed E-state index contributed by atoms with van der Waals surface area (Å²) in [4.78, 5) is 21.9. The summed E-state index contributed by atoms with van der Waals surface area (Å²) in [6.45, 7) is 4.59. The van der Waals surface area contributed by atoms with Crippen molar-refractivity contribution in [3.63, 3.8) is 0 Å².